The fraction of sp³-hybridized carbons (Fsp3) is 0.333. The molecule has 4 nitrogen and oxygen atoms in total. The molecular formula is C15H19N3OS. The summed E-state index contributed by atoms with van der Waals surface area (Å²) < 4.78 is 1.81. The Morgan fingerprint density at radius 2 is 2.15 bits per heavy atom. The molecular weight excluding hydrogens is 270 g/mol. The third-order valence-electron chi connectivity index (χ3n) is 3.22. The molecule has 2 atom stereocenters. The molecule has 0 unspecified atom stereocenters. The lowest BCUT2D eigenvalue weighted by molar-refractivity contribution is -0.120. The van der Waals surface area contributed by atoms with Crippen LogP contribution in [-0.4, -0.2) is 27.2 Å². The number of benzene rings is 1. The normalized spacial score (nSPS) is 13.8. The Labute approximate surface area is 123 Å². The molecule has 0 saturated heterocycles. The Balaban J connectivity index is 2.13. The van der Waals surface area contributed by atoms with E-state index in [2.05, 4.69) is 10.4 Å². The lowest BCUT2D eigenvalue weighted by Gasteiger charge is -2.17. The summed E-state index contributed by atoms with van der Waals surface area (Å²) in [6.45, 7) is 3.90. The second kappa shape index (κ2) is 6.61. The van der Waals surface area contributed by atoms with Gasteiger partial charge in [0.15, 0.2) is 0 Å². The molecule has 0 aliphatic carbocycles. The van der Waals surface area contributed by atoms with Crippen molar-refractivity contribution in [2.75, 3.05) is 6.26 Å². The number of amides is 1. The average Bonchev–Trinajstić information content (AvgIpc) is 3.00. The summed E-state index contributed by atoms with van der Waals surface area (Å²) in [6, 6.07) is 9.90. The summed E-state index contributed by atoms with van der Waals surface area (Å²) in [5.41, 5.74) is 2.06. The predicted molar refractivity (Wildman–Crippen MR) is 83.1 cm³/mol. The van der Waals surface area contributed by atoms with Gasteiger partial charge in [-0.3, -0.25) is 4.79 Å². The van der Waals surface area contributed by atoms with Crippen LogP contribution in [0.15, 0.2) is 42.7 Å². The largest absolute Gasteiger partial charge is 0.349 e. The molecule has 1 aromatic heterocycles. The van der Waals surface area contributed by atoms with Crippen LogP contribution >= 0.6 is 11.8 Å². The van der Waals surface area contributed by atoms with Crippen LogP contribution in [0.4, 0.5) is 0 Å². The Hall–Kier alpha value is -1.75. The van der Waals surface area contributed by atoms with E-state index >= 15 is 0 Å². The number of hydrogen-bond acceptors (Lipinski definition) is 3. The van der Waals surface area contributed by atoms with Crippen molar-refractivity contribution in [3.05, 3.63) is 48.3 Å². The zero-order valence-corrected chi connectivity index (χ0v) is 12.7. The number of thioether (sulfide) groups is 1. The first-order valence-corrected chi connectivity index (χ1v) is 7.83. The van der Waals surface area contributed by atoms with Crippen molar-refractivity contribution in [3.63, 3.8) is 0 Å². The van der Waals surface area contributed by atoms with Gasteiger partial charge in [-0.25, -0.2) is 4.68 Å². The molecule has 0 fully saturated rings. The molecule has 2 aromatic rings. The van der Waals surface area contributed by atoms with E-state index < -0.39 is 0 Å². The van der Waals surface area contributed by atoms with Crippen LogP contribution in [0.3, 0.4) is 0 Å². The number of hydrogen-bond donors (Lipinski definition) is 1. The van der Waals surface area contributed by atoms with E-state index in [1.165, 1.54) is 0 Å². The Morgan fingerprint density at radius 3 is 2.80 bits per heavy atom. The molecule has 2 rings (SSSR count). The fourth-order valence-electron chi connectivity index (χ4n) is 1.88. The average molecular weight is 289 g/mol. The van der Waals surface area contributed by atoms with Gasteiger partial charge >= 0.3 is 0 Å². The lowest BCUT2D eigenvalue weighted by Crippen LogP contribution is -2.32. The van der Waals surface area contributed by atoms with Crippen LogP contribution in [0.1, 0.15) is 25.5 Å². The van der Waals surface area contributed by atoms with Crippen LogP contribution in [0.5, 0.6) is 0 Å². The van der Waals surface area contributed by atoms with E-state index in [4.69, 9.17) is 0 Å². The first kappa shape index (κ1) is 14.7. The molecule has 1 heterocycles. The summed E-state index contributed by atoms with van der Waals surface area (Å²) in [7, 11) is 0. The van der Waals surface area contributed by atoms with Gasteiger partial charge in [0.05, 0.1) is 17.0 Å². The summed E-state index contributed by atoms with van der Waals surface area (Å²) in [4.78, 5) is 11.9. The Kier molecular flexibility index (Phi) is 4.84. The summed E-state index contributed by atoms with van der Waals surface area (Å²) >= 11 is 1.55. The van der Waals surface area contributed by atoms with E-state index in [0.717, 1.165) is 11.3 Å². The van der Waals surface area contributed by atoms with Crippen molar-refractivity contribution in [1.29, 1.82) is 0 Å². The van der Waals surface area contributed by atoms with Gasteiger partial charge in [0, 0.05) is 12.4 Å². The molecule has 0 radical (unpaired) electrons. The SMILES string of the molecule is CS[C@@H](C)C(=O)N[C@H](C)c1cccc(-n2cccn2)c1. The Morgan fingerprint density at radius 1 is 1.35 bits per heavy atom. The monoisotopic (exact) mass is 289 g/mol. The molecule has 0 spiro atoms. The highest BCUT2D eigenvalue weighted by Crippen LogP contribution is 2.17. The number of aromatic nitrogens is 2. The molecule has 0 aliphatic heterocycles. The third-order valence-corrected chi connectivity index (χ3v) is 4.14. The van der Waals surface area contributed by atoms with Crippen molar-refractivity contribution in [3.8, 4) is 5.69 Å². The second-order valence-electron chi connectivity index (χ2n) is 4.65. The lowest BCUT2D eigenvalue weighted by atomic mass is 10.1. The second-order valence-corrected chi connectivity index (χ2v) is 5.83. The fourth-order valence-corrected chi connectivity index (χ4v) is 2.16. The maximum Gasteiger partial charge on any atom is 0.233 e. The molecule has 5 heteroatoms. The number of carbonyl (C=O) groups excluding carboxylic acids is 1. The summed E-state index contributed by atoms with van der Waals surface area (Å²) in [5.74, 6) is 0.0643. The highest BCUT2D eigenvalue weighted by molar-refractivity contribution is 7.99. The van der Waals surface area contributed by atoms with Crippen molar-refractivity contribution < 1.29 is 4.79 Å². The molecule has 0 bridgehead atoms. The molecule has 1 N–H and O–H groups in total. The van der Waals surface area contributed by atoms with Gasteiger partial charge in [0.1, 0.15) is 0 Å². The first-order chi connectivity index (χ1) is 9.61. The van der Waals surface area contributed by atoms with Crippen LogP contribution in [0.2, 0.25) is 0 Å². The maximum absolute atomic E-state index is 11.9. The smallest absolute Gasteiger partial charge is 0.233 e. The molecule has 1 amide bonds. The molecule has 106 valence electrons. The minimum absolute atomic E-state index is 0.0207. The summed E-state index contributed by atoms with van der Waals surface area (Å²) in [6.07, 6.45) is 5.59. The number of nitrogens with zero attached hydrogens (tertiary/aromatic N) is 2. The van der Waals surface area contributed by atoms with E-state index in [9.17, 15) is 4.79 Å². The van der Waals surface area contributed by atoms with Crippen LogP contribution < -0.4 is 5.32 Å². The van der Waals surface area contributed by atoms with Crippen LogP contribution in [0.25, 0.3) is 5.69 Å². The molecule has 1 aromatic carbocycles. The van der Waals surface area contributed by atoms with Crippen LogP contribution in [-0.2, 0) is 4.79 Å². The zero-order valence-electron chi connectivity index (χ0n) is 11.9. The van der Waals surface area contributed by atoms with E-state index in [0.29, 0.717) is 0 Å². The van der Waals surface area contributed by atoms with Gasteiger partial charge in [-0.05, 0) is 43.9 Å². The highest BCUT2D eigenvalue weighted by Gasteiger charge is 2.15. The van der Waals surface area contributed by atoms with E-state index in [1.54, 1.807) is 18.0 Å². The van der Waals surface area contributed by atoms with Crippen LogP contribution in [0, 0.1) is 0 Å². The summed E-state index contributed by atoms with van der Waals surface area (Å²) in [5, 5.41) is 7.21. The van der Waals surface area contributed by atoms with E-state index in [1.807, 2.05) is 61.3 Å². The van der Waals surface area contributed by atoms with Crippen molar-refractivity contribution in [2.45, 2.75) is 25.1 Å². The molecule has 0 aliphatic rings. The minimum atomic E-state index is -0.0354. The highest BCUT2D eigenvalue weighted by atomic mass is 32.2. The van der Waals surface area contributed by atoms with Gasteiger partial charge < -0.3 is 5.32 Å². The number of nitrogens with one attached hydrogen (secondary N) is 1. The predicted octanol–water partition coefficient (Wildman–Crippen LogP) is 2.80. The minimum Gasteiger partial charge on any atom is -0.349 e. The van der Waals surface area contributed by atoms with Gasteiger partial charge in [-0.2, -0.15) is 16.9 Å². The standard InChI is InChI=1S/C15H19N3OS/c1-11(17-15(19)12(2)20-3)13-6-4-7-14(10-13)18-9-5-8-16-18/h4-12H,1-3H3,(H,17,19)/t11-,12+/m1/s1. The maximum atomic E-state index is 11.9. The zero-order chi connectivity index (χ0) is 14.5. The van der Waals surface area contributed by atoms with Gasteiger partial charge in [0.25, 0.3) is 0 Å². The van der Waals surface area contributed by atoms with Crippen molar-refractivity contribution in [2.24, 2.45) is 0 Å². The van der Waals surface area contributed by atoms with Gasteiger partial charge in [-0.1, -0.05) is 12.1 Å². The van der Waals surface area contributed by atoms with Gasteiger partial charge in [-0.15, -0.1) is 0 Å². The number of rotatable bonds is 5. The van der Waals surface area contributed by atoms with Gasteiger partial charge in [0.2, 0.25) is 5.91 Å². The first-order valence-electron chi connectivity index (χ1n) is 6.55. The molecule has 0 saturated carbocycles. The van der Waals surface area contributed by atoms with Crippen molar-refractivity contribution in [1.82, 2.24) is 15.1 Å². The Bertz CT molecular complexity index is 568. The van der Waals surface area contributed by atoms with E-state index in [-0.39, 0.29) is 17.2 Å². The molecule has 20 heavy (non-hydrogen) atoms. The number of carbonyl (C=O) groups is 1. The quantitative estimate of drug-likeness (QED) is 0.920. The van der Waals surface area contributed by atoms with Crippen molar-refractivity contribution >= 4 is 17.7 Å². The topological polar surface area (TPSA) is 46.9 Å². The third kappa shape index (κ3) is 3.42.